The summed E-state index contributed by atoms with van der Waals surface area (Å²) >= 11 is 0. The topological polar surface area (TPSA) is 94.2 Å². The molecule has 0 atom stereocenters. The molecule has 1 aromatic carbocycles. The van der Waals surface area contributed by atoms with Crippen LogP contribution in [0.25, 0.3) is 11.1 Å². The van der Waals surface area contributed by atoms with E-state index in [9.17, 15) is 13.2 Å². The average Bonchev–Trinajstić information content (AvgIpc) is 2.80. The molecule has 120 valence electrons. The molecule has 0 saturated carbocycles. The molecule has 3 aromatic rings. The normalized spacial score (nSPS) is 11.9. The number of aromatic nitrogens is 2. The Bertz CT molecular complexity index is 1020. The van der Waals surface area contributed by atoms with Crippen LogP contribution in [0.2, 0.25) is 0 Å². The van der Waals surface area contributed by atoms with Crippen LogP contribution >= 0.6 is 0 Å². The number of aryl methyl sites for hydroxylation is 2. The Balaban J connectivity index is 1.97. The van der Waals surface area contributed by atoms with Gasteiger partial charge in [-0.25, -0.2) is 17.9 Å². The van der Waals surface area contributed by atoms with Crippen LogP contribution in [-0.2, 0) is 23.6 Å². The minimum atomic E-state index is -3.75. The van der Waals surface area contributed by atoms with Crippen molar-refractivity contribution in [2.75, 3.05) is 0 Å². The highest BCUT2D eigenvalue weighted by atomic mass is 32.2. The van der Waals surface area contributed by atoms with Crippen LogP contribution in [0.5, 0.6) is 0 Å². The zero-order valence-corrected chi connectivity index (χ0v) is 13.4. The standard InChI is InChI=1S/C15H15N3O4S/c1-10-7-12-13(22-15(19)18(12)2)8-14(10)23(20,21)17-9-11-5-3-4-6-16-11/h3-8,17H,9H2,1-2H3. The lowest BCUT2D eigenvalue weighted by atomic mass is 10.2. The van der Waals surface area contributed by atoms with E-state index in [-0.39, 0.29) is 17.0 Å². The average molecular weight is 333 g/mol. The van der Waals surface area contributed by atoms with Crippen LogP contribution in [0.1, 0.15) is 11.3 Å². The second-order valence-electron chi connectivity index (χ2n) is 5.16. The van der Waals surface area contributed by atoms with Gasteiger partial charge in [-0.1, -0.05) is 6.07 Å². The van der Waals surface area contributed by atoms with E-state index in [1.54, 1.807) is 44.4 Å². The minimum Gasteiger partial charge on any atom is -0.408 e. The van der Waals surface area contributed by atoms with Gasteiger partial charge in [-0.3, -0.25) is 9.55 Å². The van der Waals surface area contributed by atoms with Gasteiger partial charge in [0.15, 0.2) is 5.58 Å². The fourth-order valence-corrected chi connectivity index (χ4v) is 3.54. The second kappa shape index (κ2) is 5.64. The number of sulfonamides is 1. The van der Waals surface area contributed by atoms with E-state index in [0.29, 0.717) is 16.8 Å². The largest absolute Gasteiger partial charge is 0.419 e. The Kier molecular flexibility index (Phi) is 3.78. The van der Waals surface area contributed by atoms with Gasteiger partial charge in [0.25, 0.3) is 0 Å². The smallest absolute Gasteiger partial charge is 0.408 e. The van der Waals surface area contributed by atoms with Gasteiger partial charge >= 0.3 is 5.76 Å². The first kappa shape index (κ1) is 15.4. The number of pyridine rings is 1. The van der Waals surface area contributed by atoms with Crippen molar-refractivity contribution in [2.24, 2.45) is 7.05 Å². The summed E-state index contributed by atoms with van der Waals surface area (Å²) in [5.74, 6) is -0.532. The van der Waals surface area contributed by atoms with Gasteiger partial charge in [0.2, 0.25) is 10.0 Å². The molecule has 23 heavy (non-hydrogen) atoms. The molecular weight excluding hydrogens is 318 g/mol. The van der Waals surface area contributed by atoms with Crippen molar-refractivity contribution in [3.05, 3.63) is 58.3 Å². The molecule has 0 aliphatic carbocycles. The van der Waals surface area contributed by atoms with Gasteiger partial charge in [-0.2, -0.15) is 0 Å². The summed E-state index contributed by atoms with van der Waals surface area (Å²) in [5.41, 5.74) is 1.93. The van der Waals surface area contributed by atoms with Crippen molar-refractivity contribution in [1.29, 1.82) is 0 Å². The zero-order chi connectivity index (χ0) is 16.6. The van der Waals surface area contributed by atoms with Crippen LogP contribution < -0.4 is 10.5 Å². The number of nitrogens with zero attached hydrogens (tertiary/aromatic N) is 2. The number of benzene rings is 1. The quantitative estimate of drug-likeness (QED) is 0.777. The number of nitrogens with one attached hydrogen (secondary N) is 1. The number of oxazole rings is 1. The lowest BCUT2D eigenvalue weighted by Gasteiger charge is -2.09. The maximum Gasteiger partial charge on any atom is 0.419 e. The molecule has 2 heterocycles. The van der Waals surface area contributed by atoms with Gasteiger partial charge in [0, 0.05) is 19.3 Å². The number of hydrogen-bond acceptors (Lipinski definition) is 5. The van der Waals surface area contributed by atoms with Crippen molar-refractivity contribution in [3.63, 3.8) is 0 Å². The fourth-order valence-electron chi connectivity index (χ4n) is 2.30. The molecule has 8 heteroatoms. The van der Waals surface area contributed by atoms with Crippen molar-refractivity contribution in [2.45, 2.75) is 18.4 Å². The molecule has 0 saturated heterocycles. The van der Waals surface area contributed by atoms with Crippen molar-refractivity contribution in [3.8, 4) is 0 Å². The fraction of sp³-hybridized carbons (Fsp3) is 0.200. The number of rotatable bonds is 4. The van der Waals surface area contributed by atoms with Gasteiger partial charge in [0.1, 0.15) is 0 Å². The van der Waals surface area contributed by atoms with Crippen LogP contribution in [0.3, 0.4) is 0 Å². The maximum atomic E-state index is 12.5. The predicted molar refractivity (Wildman–Crippen MR) is 84.5 cm³/mol. The summed E-state index contributed by atoms with van der Waals surface area (Å²) in [7, 11) is -2.17. The van der Waals surface area contributed by atoms with E-state index in [4.69, 9.17) is 4.42 Å². The second-order valence-corrected chi connectivity index (χ2v) is 6.89. The first-order valence-corrected chi connectivity index (χ1v) is 8.36. The lowest BCUT2D eigenvalue weighted by molar-refractivity contribution is 0.527. The van der Waals surface area contributed by atoms with E-state index < -0.39 is 15.8 Å². The molecular formula is C15H15N3O4S. The molecule has 0 unspecified atom stereocenters. The maximum absolute atomic E-state index is 12.5. The number of hydrogen-bond donors (Lipinski definition) is 1. The Labute approximate surface area is 132 Å². The summed E-state index contributed by atoms with van der Waals surface area (Å²) in [5, 5.41) is 0. The summed E-state index contributed by atoms with van der Waals surface area (Å²) in [6.45, 7) is 1.76. The Morgan fingerprint density at radius 2 is 2.09 bits per heavy atom. The molecule has 0 aliphatic rings. The highest BCUT2D eigenvalue weighted by molar-refractivity contribution is 7.89. The molecule has 0 fully saturated rings. The predicted octanol–water partition coefficient (Wildman–Crippen LogP) is 1.31. The molecule has 0 bridgehead atoms. The van der Waals surface area contributed by atoms with Crippen molar-refractivity contribution >= 4 is 21.1 Å². The monoisotopic (exact) mass is 333 g/mol. The van der Waals surface area contributed by atoms with Gasteiger partial charge in [-0.05, 0) is 30.7 Å². The van der Waals surface area contributed by atoms with Crippen LogP contribution in [0.15, 0.2) is 50.6 Å². The van der Waals surface area contributed by atoms with Crippen molar-refractivity contribution in [1.82, 2.24) is 14.3 Å². The Morgan fingerprint density at radius 3 is 2.78 bits per heavy atom. The van der Waals surface area contributed by atoms with Crippen LogP contribution in [0, 0.1) is 6.92 Å². The lowest BCUT2D eigenvalue weighted by Crippen LogP contribution is -2.24. The zero-order valence-electron chi connectivity index (χ0n) is 12.6. The highest BCUT2D eigenvalue weighted by Crippen LogP contribution is 2.22. The van der Waals surface area contributed by atoms with E-state index in [0.717, 1.165) is 0 Å². The first-order chi connectivity index (χ1) is 10.9. The molecule has 2 aromatic heterocycles. The third-order valence-electron chi connectivity index (χ3n) is 3.55. The summed E-state index contributed by atoms with van der Waals surface area (Å²) < 4.78 is 33.9. The first-order valence-electron chi connectivity index (χ1n) is 6.88. The molecule has 0 aliphatic heterocycles. The van der Waals surface area contributed by atoms with Gasteiger partial charge in [0.05, 0.1) is 22.7 Å². The summed E-state index contributed by atoms with van der Waals surface area (Å²) in [6, 6.07) is 8.26. The van der Waals surface area contributed by atoms with Gasteiger partial charge < -0.3 is 4.42 Å². The Hall–Kier alpha value is -2.45. The van der Waals surface area contributed by atoms with E-state index >= 15 is 0 Å². The molecule has 0 radical (unpaired) electrons. The van der Waals surface area contributed by atoms with Crippen LogP contribution in [-0.4, -0.2) is 18.0 Å². The number of fused-ring (bicyclic) bond motifs is 1. The Morgan fingerprint density at radius 1 is 1.30 bits per heavy atom. The molecule has 0 spiro atoms. The minimum absolute atomic E-state index is 0.0790. The molecule has 3 rings (SSSR count). The van der Waals surface area contributed by atoms with Gasteiger partial charge in [-0.15, -0.1) is 0 Å². The highest BCUT2D eigenvalue weighted by Gasteiger charge is 2.20. The molecule has 1 N–H and O–H groups in total. The summed E-state index contributed by atoms with van der Waals surface area (Å²) in [4.78, 5) is 15.7. The molecule has 0 amide bonds. The SMILES string of the molecule is Cc1cc2c(cc1S(=O)(=O)NCc1ccccn1)oc(=O)n2C. The van der Waals surface area contributed by atoms with E-state index in [1.807, 2.05) is 0 Å². The van der Waals surface area contributed by atoms with Crippen LogP contribution in [0.4, 0.5) is 0 Å². The van der Waals surface area contributed by atoms with Crippen molar-refractivity contribution < 1.29 is 12.8 Å². The third-order valence-corrected chi connectivity index (χ3v) is 5.09. The third kappa shape index (κ3) is 2.90. The van der Waals surface area contributed by atoms with E-state index in [1.165, 1.54) is 10.6 Å². The van der Waals surface area contributed by atoms with E-state index in [2.05, 4.69) is 9.71 Å². The summed E-state index contributed by atoms with van der Waals surface area (Å²) in [6.07, 6.45) is 1.60. The molecule has 7 nitrogen and oxygen atoms in total.